The average Bonchev–Trinajstić information content (AvgIpc) is 2.47. The number of halogens is 1. The monoisotopic (exact) mass is 419 g/mol. The molecule has 7 heteroatoms. The second-order valence-electron chi connectivity index (χ2n) is 4.59. The van der Waals surface area contributed by atoms with E-state index in [2.05, 4.69) is 27.9 Å². The fourth-order valence-electron chi connectivity index (χ4n) is 1.52. The SMILES string of the molecule is CCC(C)OC(=O)C(=CNc1ccc(I)cc1CO)C(=O)O. The van der Waals surface area contributed by atoms with Crippen molar-refractivity contribution in [1.82, 2.24) is 0 Å². The Hall–Kier alpha value is -1.61. The van der Waals surface area contributed by atoms with E-state index in [-0.39, 0.29) is 12.7 Å². The number of carbonyl (C=O) groups excluding carboxylic acids is 1. The lowest BCUT2D eigenvalue weighted by Crippen LogP contribution is -2.21. The molecule has 0 spiro atoms. The van der Waals surface area contributed by atoms with Crippen LogP contribution in [0.4, 0.5) is 5.69 Å². The van der Waals surface area contributed by atoms with E-state index in [9.17, 15) is 14.7 Å². The highest BCUT2D eigenvalue weighted by molar-refractivity contribution is 14.1. The lowest BCUT2D eigenvalue weighted by Gasteiger charge is -2.12. The van der Waals surface area contributed by atoms with Gasteiger partial charge in [0.25, 0.3) is 0 Å². The molecule has 0 aliphatic heterocycles. The second-order valence-corrected chi connectivity index (χ2v) is 5.84. The van der Waals surface area contributed by atoms with Gasteiger partial charge in [-0.2, -0.15) is 0 Å². The van der Waals surface area contributed by atoms with Crippen LogP contribution in [0.5, 0.6) is 0 Å². The summed E-state index contributed by atoms with van der Waals surface area (Å²) in [4.78, 5) is 23.0. The number of hydrogen-bond donors (Lipinski definition) is 3. The molecule has 0 fully saturated rings. The van der Waals surface area contributed by atoms with Crippen LogP contribution in [0.3, 0.4) is 0 Å². The highest BCUT2D eigenvalue weighted by atomic mass is 127. The predicted octanol–water partition coefficient (Wildman–Crippen LogP) is 2.51. The molecule has 6 nitrogen and oxygen atoms in total. The van der Waals surface area contributed by atoms with Gasteiger partial charge in [-0.25, -0.2) is 9.59 Å². The molecule has 1 aromatic carbocycles. The van der Waals surface area contributed by atoms with E-state index in [0.717, 1.165) is 9.77 Å². The molecule has 0 aliphatic carbocycles. The van der Waals surface area contributed by atoms with Gasteiger partial charge in [0.2, 0.25) is 0 Å². The van der Waals surface area contributed by atoms with Gasteiger partial charge in [-0.05, 0) is 54.1 Å². The number of anilines is 1. The number of esters is 1. The molecule has 0 heterocycles. The van der Waals surface area contributed by atoms with Crippen molar-refractivity contribution in [1.29, 1.82) is 0 Å². The number of aliphatic hydroxyl groups is 1. The molecule has 120 valence electrons. The number of carbonyl (C=O) groups is 2. The third kappa shape index (κ3) is 5.30. The molecule has 0 amide bonds. The Kier molecular flexibility index (Phi) is 7.33. The van der Waals surface area contributed by atoms with Gasteiger partial charge in [-0.15, -0.1) is 0 Å². The summed E-state index contributed by atoms with van der Waals surface area (Å²) in [5, 5.41) is 21.2. The molecular formula is C15H18INO5. The van der Waals surface area contributed by atoms with Gasteiger partial charge in [-0.3, -0.25) is 0 Å². The summed E-state index contributed by atoms with van der Waals surface area (Å²) in [5.74, 6) is -2.28. The van der Waals surface area contributed by atoms with Crippen LogP contribution in [-0.2, 0) is 20.9 Å². The molecule has 0 radical (unpaired) electrons. The summed E-state index contributed by atoms with van der Waals surface area (Å²) in [7, 11) is 0. The Bertz CT molecular complexity index is 585. The Balaban J connectivity index is 2.96. The Morgan fingerprint density at radius 2 is 2.14 bits per heavy atom. The molecule has 0 aliphatic rings. The predicted molar refractivity (Wildman–Crippen MR) is 90.3 cm³/mol. The highest BCUT2D eigenvalue weighted by Gasteiger charge is 2.21. The molecule has 1 atom stereocenters. The molecule has 1 unspecified atom stereocenters. The van der Waals surface area contributed by atoms with Crippen LogP contribution in [0, 0.1) is 3.57 Å². The molecule has 0 bridgehead atoms. The number of benzene rings is 1. The minimum atomic E-state index is -1.38. The normalized spacial score (nSPS) is 12.6. The quantitative estimate of drug-likeness (QED) is 0.207. The zero-order valence-electron chi connectivity index (χ0n) is 12.3. The number of nitrogens with one attached hydrogen (secondary N) is 1. The number of hydrogen-bond acceptors (Lipinski definition) is 5. The van der Waals surface area contributed by atoms with E-state index >= 15 is 0 Å². The molecule has 22 heavy (non-hydrogen) atoms. The topological polar surface area (TPSA) is 95.9 Å². The maximum Gasteiger partial charge on any atom is 0.347 e. The van der Waals surface area contributed by atoms with E-state index in [1.807, 2.05) is 6.92 Å². The number of aliphatic hydroxyl groups excluding tert-OH is 1. The van der Waals surface area contributed by atoms with Crippen molar-refractivity contribution in [2.24, 2.45) is 0 Å². The van der Waals surface area contributed by atoms with Gasteiger partial charge in [0, 0.05) is 21.0 Å². The fraction of sp³-hybridized carbons (Fsp3) is 0.333. The Morgan fingerprint density at radius 3 is 2.68 bits per heavy atom. The Morgan fingerprint density at radius 1 is 1.45 bits per heavy atom. The maximum absolute atomic E-state index is 11.8. The Labute approximate surface area is 142 Å². The third-order valence-corrected chi connectivity index (χ3v) is 3.61. The standard InChI is InChI=1S/C15H18INO5/c1-3-9(2)22-15(21)12(14(19)20)7-17-13-5-4-11(16)6-10(13)8-18/h4-7,9,17-18H,3,8H2,1-2H3,(H,19,20). The summed E-state index contributed by atoms with van der Waals surface area (Å²) in [6.45, 7) is 3.32. The van der Waals surface area contributed by atoms with Gasteiger partial charge in [-0.1, -0.05) is 6.92 Å². The third-order valence-electron chi connectivity index (χ3n) is 2.94. The van der Waals surface area contributed by atoms with Crippen LogP contribution in [0.25, 0.3) is 0 Å². The first kappa shape index (κ1) is 18.4. The summed E-state index contributed by atoms with van der Waals surface area (Å²) in [6.07, 6.45) is 1.31. The zero-order chi connectivity index (χ0) is 16.7. The molecule has 1 aromatic rings. The summed E-state index contributed by atoms with van der Waals surface area (Å²) < 4.78 is 5.94. The first-order chi connectivity index (χ1) is 10.4. The molecular weight excluding hydrogens is 401 g/mol. The first-order valence-corrected chi connectivity index (χ1v) is 7.77. The number of carboxylic acid groups (broad SMARTS) is 1. The average molecular weight is 419 g/mol. The van der Waals surface area contributed by atoms with Crippen molar-refractivity contribution in [2.45, 2.75) is 33.0 Å². The highest BCUT2D eigenvalue weighted by Crippen LogP contribution is 2.19. The summed E-state index contributed by atoms with van der Waals surface area (Å²) in [5.41, 5.74) is 0.629. The number of rotatable bonds is 7. The molecule has 0 saturated carbocycles. The molecule has 3 N–H and O–H groups in total. The minimum Gasteiger partial charge on any atom is -0.477 e. The van der Waals surface area contributed by atoms with Gasteiger partial charge >= 0.3 is 11.9 Å². The molecule has 0 aromatic heterocycles. The van der Waals surface area contributed by atoms with Crippen LogP contribution < -0.4 is 5.32 Å². The van der Waals surface area contributed by atoms with Crippen LogP contribution in [0.2, 0.25) is 0 Å². The van der Waals surface area contributed by atoms with Gasteiger partial charge < -0.3 is 20.3 Å². The van der Waals surface area contributed by atoms with E-state index in [4.69, 9.17) is 9.84 Å². The van der Waals surface area contributed by atoms with E-state index < -0.39 is 17.5 Å². The van der Waals surface area contributed by atoms with Crippen molar-refractivity contribution >= 4 is 40.2 Å². The molecule has 0 saturated heterocycles. The summed E-state index contributed by atoms with van der Waals surface area (Å²) in [6, 6.07) is 5.26. The van der Waals surface area contributed by atoms with Crippen molar-refractivity contribution in [3.05, 3.63) is 39.1 Å². The lowest BCUT2D eigenvalue weighted by molar-refractivity contribution is -0.147. The van der Waals surface area contributed by atoms with Crippen LogP contribution in [-0.4, -0.2) is 28.3 Å². The summed E-state index contributed by atoms with van der Waals surface area (Å²) >= 11 is 2.10. The van der Waals surface area contributed by atoms with E-state index in [1.54, 1.807) is 25.1 Å². The maximum atomic E-state index is 11.8. The van der Waals surface area contributed by atoms with Crippen LogP contribution in [0.15, 0.2) is 30.0 Å². The second kappa shape index (κ2) is 8.74. The molecule has 1 rings (SSSR count). The van der Waals surface area contributed by atoms with E-state index in [1.165, 1.54) is 0 Å². The zero-order valence-corrected chi connectivity index (χ0v) is 14.5. The number of aliphatic carboxylic acids is 1. The van der Waals surface area contributed by atoms with Gasteiger partial charge in [0.1, 0.15) is 0 Å². The fourth-order valence-corrected chi connectivity index (χ4v) is 2.08. The largest absolute Gasteiger partial charge is 0.477 e. The smallest absolute Gasteiger partial charge is 0.347 e. The lowest BCUT2D eigenvalue weighted by atomic mass is 10.2. The van der Waals surface area contributed by atoms with Crippen LogP contribution >= 0.6 is 22.6 Å². The van der Waals surface area contributed by atoms with Crippen molar-refractivity contribution in [2.75, 3.05) is 5.32 Å². The van der Waals surface area contributed by atoms with Crippen LogP contribution in [0.1, 0.15) is 25.8 Å². The van der Waals surface area contributed by atoms with Crippen molar-refractivity contribution in [3.8, 4) is 0 Å². The first-order valence-electron chi connectivity index (χ1n) is 6.69. The van der Waals surface area contributed by atoms with Gasteiger partial charge in [0.15, 0.2) is 5.57 Å². The van der Waals surface area contributed by atoms with Crippen molar-refractivity contribution in [3.63, 3.8) is 0 Å². The number of carboxylic acids is 1. The van der Waals surface area contributed by atoms with Gasteiger partial charge in [0.05, 0.1) is 12.7 Å². The minimum absolute atomic E-state index is 0.202. The van der Waals surface area contributed by atoms with E-state index in [0.29, 0.717) is 17.7 Å². The van der Waals surface area contributed by atoms with Crippen molar-refractivity contribution < 1.29 is 24.5 Å². The number of ether oxygens (including phenoxy) is 1.